The lowest BCUT2D eigenvalue weighted by Crippen LogP contribution is -1.97. The highest BCUT2D eigenvalue weighted by atomic mass is 14.7. The Kier molecular flexibility index (Phi) is 4.15. The summed E-state index contributed by atoms with van der Waals surface area (Å²) in [6, 6.07) is 19.3. The van der Waals surface area contributed by atoms with E-state index in [4.69, 9.17) is 15.0 Å². The first-order valence-electron chi connectivity index (χ1n) is 10.9. The minimum Gasteiger partial charge on any atom is -0.261 e. The Balaban J connectivity index is 1.42. The Hall–Kier alpha value is -3.92. The molecule has 6 rings (SSSR count). The maximum atomic E-state index is 5.01. The van der Waals surface area contributed by atoms with Crippen molar-refractivity contribution in [1.82, 2.24) is 19.9 Å². The summed E-state index contributed by atoms with van der Waals surface area (Å²) in [6.45, 7) is 6.16. The van der Waals surface area contributed by atoms with Crippen LogP contribution in [0.2, 0.25) is 0 Å². The Morgan fingerprint density at radius 2 is 1.41 bits per heavy atom. The largest absolute Gasteiger partial charge is 0.261 e. The quantitative estimate of drug-likeness (QED) is 0.308. The van der Waals surface area contributed by atoms with Gasteiger partial charge in [0.1, 0.15) is 0 Å². The molecule has 0 saturated heterocycles. The molecular formula is C28H22N4. The van der Waals surface area contributed by atoms with Crippen LogP contribution in [0.3, 0.4) is 0 Å². The zero-order valence-electron chi connectivity index (χ0n) is 18.3. The molecule has 4 aromatic heterocycles. The molecule has 154 valence electrons. The van der Waals surface area contributed by atoms with E-state index in [1.807, 2.05) is 26.2 Å². The Labute approximate surface area is 186 Å². The van der Waals surface area contributed by atoms with Crippen molar-refractivity contribution in [3.63, 3.8) is 0 Å². The fourth-order valence-electron chi connectivity index (χ4n) is 4.57. The van der Waals surface area contributed by atoms with Crippen LogP contribution in [0.25, 0.3) is 43.5 Å². The predicted octanol–water partition coefficient (Wildman–Crippen LogP) is 6.40. The van der Waals surface area contributed by atoms with Crippen molar-refractivity contribution in [2.75, 3.05) is 0 Å². The van der Waals surface area contributed by atoms with Crippen molar-refractivity contribution >= 4 is 43.5 Å². The molecule has 0 aliphatic carbocycles. The van der Waals surface area contributed by atoms with Crippen LogP contribution >= 0.6 is 0 Å². The molecule has 0 bridgehead atoms. The lowest BCUT2D eigenvalue weighted by molar-refractivity contribution is 1.09. The van der Waals surface area contributed by atoms with Gasteiger partial charge in [-0.1, -0.05) is 18.2 Å². The minimum absolute atomic E-state index is 0.738. The van der Waals surface area contributed by atoms with E-state index in [-0.39, 0.29) is 0 Å². The van der Waals surface area contributed by atoms with Gasteiger partial charge in [-0.05, 0) is 73.7 Å². The second kappa shape index (κ2) is 7.06. The predicted molar refractivity (Wildman–Crippen MR) is 131 cm³/mol. The molecule has 32 heavy (non-hydrogen) atoms. The van der Waals surface area contributed by atoms with E-state index < -0.39 is 0 Å². The van der Waals surface area contributed by atoms with Crippen molar-refractivity contribution in [2.24, 2.45) is 0 Å². The first-order valence-corrected chi connectivity index (χ1v) is 10.9. The van der Waals surface area contributed by atoms with Crippen LogP contribution in [0, 0.1) is 20.8 Å². The van der Waals surface area contributed by atoms with Crippen LogP contribution in [-0.2, 0) is 6.42 Å². The van der Waals surface area contributed by atoms with Crippen molar-refractivity contribution in [3.05, 3.63) is 95.2 Å². The molecule has 4 heterocycles. The second-order valence-electron chi connectivity index (χ2n) is 8.62. The van der Waals surface area contributed by atoms with Gasteiger partial charge in [-0.3, -0.25) is 19.9 Å². The fraction of sp³-hybridized carbons (Fsp3) is 0.143. The van der Waals surface area contributed by atoms with Crippen LogP contribution in [0.4, 0.5) is 0 Å². The maximum absolute atomic E-state index is 5.01. The summed E-state index contributed by atoms with van der Waals surface area (Å²) in [7, 11) is 0. The molecule has 0 aliphatic heterocycles. The molecule has 2 aromatic carbocycles. The van der Waals surface area contributed by atoms with Gasteiger partial charge in [-0.15, -0.1) is 0 Å². The lowest BCUT2D eigenvalue weighted by Gasteiger charge is -2.10. The fourth-order valence-corrected chi connectivity index (χ4v) is 4.57. The van der Waals surface area contributed by atoms with Gasteiger partial charge in [0.25, 0.3) is 0 Å². The summed E-state index contributed by atoms with van der Waals surface area (Å²) in [4.78, 5) is 19.0. The molecule has 0 saturated carbocycles. The summed E-state index contributed by atoms with van der Waals surface area (Å²) < 4.78 is 0. The summed E-state index contributed by atoms with van der Waals surface area (Å²) in [5.41, 5.74) is 8.43. The normalized spacial score (nSPS) is 11.7. The molecule has 0 N–H and O–H groups in total. The van der Waals surface area contributed by atoms with E-state index in [2.05, 4.69) is 66.5 Å². The molecule has 0 radical (unpaired) electrons. The van der Waals surface area contributed by atoms with E-state index in [1.54, 1.807) is 0 Å². The highest BCUT2D eigenvalue weighted by Gasteiger charge is 2.10. The summed E-state index contributed by atoms with van der Waals surface area (Å²) in [6.07, 6.45) is 4.63. The van der Waals surface area contributed by atoms with Gasteiger partial charge >= 0.3 is 0 Å². The number of rotatable bonds is 2. The Bertz CT molecular complexity index is 1680. The summed E-state index contributed by atoms with van der Waals surface area (Å²) >= 11 is 0. The number of aromatic nitrogens is 4. The average molecular weight is 415 g/mol. The highest BCUT2D eigenvalue weighted by molar-refractivity contribution is 6.06. The van der Waals surface area contributed by atoms with Gasteiger partial charge in [0.05, 0.1) is 16.6 Å². The zero-order valence-corrected chi connectivity index (χ0v) is 18.3. The van der Waals surface area contributed by atoms with Gasteiger partial charge < -0.3 is 0 Å². The van der Waals surface area contributed by atoms with E-state index in [9.17, 15) is 0 Å². The molecule has 4 nitrogen and oxygen atoms in total. The van der Waals surface area contributed by atoms with Crippen LogP contribution in [0.5, 0.6) is 0 Å². The number of hydrogen-bond donors (Lipinski definition) is 0. The SMILES string of the molecule is Cc1cc2ccc3cc(Cc4ccc5c(n4)c(C)cc4ccc(C)nc45)cnc3c2cn1. The Morgan fingerprint density at radius 3 is 2.31 bits per heavy atom. The van der Waals surface area contributed by atoms with Crippen LogP contribution < -0.4 is 0 Å². The van der Waals surface area contributed by atoms with Crippen molar-refractivity contribution in [1.29, 1.82) is 0 Å². The molecule has 0 atom stereocenters. The van der Waals surface area contributed by atoms with E-state index >= 15 is 0 Å². The molecule has 6 aromatic rings. The second-order valence-corrected chi connectivity index (χ2v) is 8.62. The smallest absolute Gasteiger partial charge is 0.0799 e. The Morgan fingerprint density at radius 1 is 0.594 bits per heavy atom. The first kappa shape index (κ1) is 18.8. The monoisotopic (exact) mass is 414 g/mol. The molecule has 0 amide bonds. The number of benzene rings is 2. The van der Waals surface area contributed by atoms with E-state index in [1.165, 1.54) is 10.9 Å². The van der Waals surface area contributed by atoms with Crippen molar-refractivity contribution in [3.8, 4) is 0 Å². The summed E-state index contributed by atoms with van der Waals surface area (Å²) in [5.74, 6) is 0. The van der Waals surface area contributed by atoms with Gasteiger partial charge in [0, 0.05) is 57.4 Å². The van der Waals surface area contributed by atoms with E-state index in [0.29, 0.717) is 0 Å². The molecular weight excluding hydrogens is 392 g/mol. The topological polar surface area (TPSA) is 51.6 Å². The van der Waals surface area contributed by atoms with Crippen molar-refractivity contribution in [2.45, 2.75) is 27.2 Å². The third kappa shape index (κ3) is 3.07. The number of pyridine rings is 4. The first-order chi connectivity index (χ1) is 15.5. The van der Waals surface area contributed by atoms with Gasteiger partial charge in [0.15, 0.2) is 0 Å². The van der Waals surface area contributed by atoms with E-state index in [0.717, 1.165) is 67.2 Å². The molecule has 4 heteroatoms. The summed E-state index contributed by atoms with van der Waals surface area (Å²) in [5, 5.41) is 5.66. The average Bonchev–Trinajstić information content (AvgIpc) is 2.79. The maximum Gasteiger partial charge on any atom is 0.0799 e. The third-order valence-corrected chi connectivity index (χ3v) is 6.15. The lowest BCUT2D eigenvalue weighted by atomic mass is 10.0. The zero-order chi connectivity index (χ0) is 21.8. The molecule has 0 fully saturated rings. The minimum atomic E-state index is 0.738. The van der Waals surface area contributed by atoms with Crippen LogP contribution in [0.15, 0.2) is 67.0 Å². The molecule has 0 spiro atoms. The van der Waals surface area contributed by atoms with Crippen molar-refractivity contribution < 1.29 is 0 Å². The number of aryl methyl sites for hydroxylation is 3. The van der Waals surface area contributed by atoms with Crippen LogP contribution in [-0.4, -0.2) is 19.9 Å². The standard InChI is InChI=1S/C28H22N4/c1-16-10-21-5-4-17(2)31-28(21)24-9-8-23(32-26(16)24)13-19-12-22-7-6-20-11-18(3)29-15-25(20)27(22)30-14-19/h4-12,14-15H,13H2,1-3H3. The number of hydrogen-bond acceptors (Lipinski definition) is 4. The number of nitrogens with zero attached hydrogens (tertiary/aromatic N) is 4. The van der Waals surface area contributed by atoms with Crippen LogP contribution in [0.1, 0.15) is 28.2 Å². The highest BCUT2D eigenvalue weighted by Crippen LogP contribution is 2.28. The number of fused-ring (bicyclic) bond motifs is 6. The van der Waals surface area contributed by atoms with Gasteiger partial charge in [-0.25, -0.2) is 0 Å². The third-order valence-electron chi connectivity index (χ3n) is 6.15. The van der Waals surface area contributed by atoms with Gasteiger partial charge in [0.2, 0.25) is 0 Å². The molecule has 0 aliphatic rings. The van der Waals surface area contributed by atoms with Gasteiger partial charge in [-0.2, -0.15) is 0 Å². The molecule has 0 unspecified atom stereocenters.